The molecular formula is C17H16BrClO. The number of rotatable bonds is 5. The van der Waals surface area contributed by atoms with E-state index < -0.39 is 0 Å². The van der Waals surface area contributed by atoms with Crippen LogP contribution in [0.1, 0.15) is 41.3 Å². The second kappa shape index (κ2) is 7.05. The van der Waals surface area contributed by atoms with E-state index >= 15 is 0 Å². The minimum atomic E-state index is 0.00133. The van der Waals surface area contributed by atoms with Gasteiger partial charge in [-0.05, 0) is 52.5 Å². The van der Waals surface area contributed by atoms with Crippen LogP contribution in [-0.2, 0) is 6.42 Å². The number of benzene rings is 2. The van der Waals surface area contributed by atoms with Gasteiger partial charge in [0.05, 0.1) is 5.02 Å². The van der Waals surface area contributed by atoms with Crippen LogP contribution in [0.5, 0.6) is 0 Å². The summed E-state index contributed by atoms with van der Waals surface area (Å²) in [5, 5.41) is 0.551. The van der Waals surface area contributed by atoms with Gasteiger partial charge in [0.2, 0.25) is 0 Å². The Bertz CT molecular complexity index is 605. The predicted octanol–water partition coefficient (Wildman–Crippen LogP) is 5.68. The second-order valence-corrected chi connectivity index (χ2v) is 6.02. The molecule has 0 unspecified atom stereocenters. The SMILES string of the molecule is CCCCc1ccc(C(=O)c2ccc(Br)c(Cl)c2)cc1. The van der Waals surface area contributed by atoms with Gasteiger partial charge in [0.1, 0.15) is 0 Å². The van der Waals surface area contributed by atoms with E-state index in [2.05, 4.69) is 22.9 Å². The Labute approximate surface area is 133 Å². The maximum absolute atomic E-state index is 12.4. The first-order chi connectivity index (χ1) is 9.61. The van der Waals surface area contributed by atoms with Crippen molar-refractivity contribution in [2.75, 3.05) is 0 Å². The maximum Gasteiger partial charge on any atom is 0.193 e. The van der Waals surface area contributed by atoms with Crippen molar-refractivity contribution in [3.8, 4) is 0 Å². The molecule has 3 heteroatoms. The van der Waals surface area contributed by atoms with Gasteiger partial charge < -0.3 is 0 Å². The Morgan fingerprint density at radius 1 is 1.10 bits per heavy atom. The third kappa shape index (κ3) is 3.71. The highest BCUT2D eigenvalue weighted by Crippen LogP contribution is 2.24. The number of halogens is 2. The average molecular weight is 352 g/mol. The summed E-state index contributed by atoms with van der Waals surface area (Å²) >= 11 is 9.35. The van der Waals surface area contributed by atoms with Crippen LogP contribution >= 0.6 is 27.5 Å². The zero-order chi connectivity index (χ0) is 14.5. The van der Waals surface area contributed by atoms with Gasteiger partial charge in [-0.2, -0.15) is 0 Å². The zero-order valence-corrected chi connectivity index (χ0v) is 13.7. The highest BCUT2D eigenvalue weighted by Gasteiger charge is 2.10. The average Bonchev–Trinajstić information content (AvgIpc) is 2.48. The van der Waals surface area contributed by atoms with Gasteiger partial charge >= 0.3 is 0 Å². The summed E-state index contributed by atoms with van der Waals surface area (Å²) in [4.78, 5) is 12.4. The van der Waals surface area contributed by atoms with Gasteiger partial charge in [0.15, 0.2) is 5.78 Å². The van der Waals surface area contributed by atoms with Crippen molar-refractivity contribution in [1.82, 2.24) is 0 Å². The van der Waals surface area contributed by atoms with Crippen LogP contribution in [0.25, 0.3) is 0 Å². The number of carbonyl (C=O) groups is 1. The molecule has 0 aliphatic rings. The Balaban J connectivity index is 2.18. The molecule has 0 N–H and O–H groups in total. The minimum absolute atomic E-state index is 0.00133. The fourth-order valence-electron chi connectivity index (χ4n) is 2.01. The third-order valence-corrected chi connectivity index (χ3v) is 4.45. The van der Waals surface area contributed by atoms with E-state index in [1.807, 2.05) is 24.3 Å². The van der Waals surface area contributed by atoms with Crippen LogP contribution in [0.2, 0.25) is 5.02 Å². The minimum Gasteiger partial charge on any atom is -0.289 e. The molecule has 0 fully saturated rings. The van der Waals surface area contributed by atoms with Crippen LogP contribution in [0, 0.1) is 0 Å². The molecule has 0 atom stereocenters. The summed E-state index contributed by atoms with van der Waals surface area (Å²) in [5.74, 6) is 0.00133. The molecule has 20 heavy (non-hydrogen) atoms. The molecule has 0 aromatic heterocycles. The molecule has 2 aromatic rings. The first kappa shape index (κ1) is 15.3. The maximum atomic E-state index is 12.4. The molecule has 0 aliphatic heterocycles. The molecule has 104 valence electrons. The van der Waals surface area contributed by atoms with Crippen LogP contribution < -0.4 is 0 Å². The largest absolute Gasteiger partial charge is 0.289 e. The van der Waals surface area contributed by atoms with Gasteiger partial charge in [-0.15, -0.1) is 0 Å². The number of carbonyl (C=O) groups excluding carboxylic acids is 1. The third-order valence-electron chi connectivity index (χ3n) is 3.22. The van der Waals surface area contributed by atoms with Crippen molar-refractivity contribution >= 4 is 33.3 Å². The first-order valence-electron chi connectivity index (χ1n) is 6.70. The van der Waals surface area contributed by atoms with E-state index in [-0.39, 0.29) is 5.78 Å². The quantitative estimate of drug-likeness (QED) is 0.634. The Kier molecular flexibility index (Phi) is 5.38. The van der Waals surface area contributed by atoms with Gasteiger partial charge in [0, 0.05) is 15.6 Å². The number of unbranched alkanes of at least 4 members (excludes halogenated alkanes) is 1. The lowest BCUT2D eigenvalue weighted by Crippen LogP contribution is -2.01. The van der Waals surface area contributed by atoms with Crippen molar-refractivity contribution in [3.63, 3.8) is 0 Å². The molecule has 0 saturated heterocycles. The van der Waals surface area contributed by atoms with Crippen molar-refractivity contribution in [1.29, 1.82) is 0 Å². The summed E-state index contributed by atoms with van der Waals surface area (Å²) in [6.07, 6.45) is 3.42. The zero-order valence-electron chi connectivity index (χ0n) is 11.3. The van der Waals surface area contributed by atoms with Crippen LogP contribution in [-0.4, -0.2) is 5.78 Å². The smallest absolute Gasteiger partial charge is 0.193 e. The standard InChI is InChI=1S/C17H16BrClO/c1-2-3-4-12-5-7-13(8-6-12)17(20)14-9-10-15(18)16(19)11-14/h5-11H,2-4H2,1H3. The van der Waals surface area contributed by atoms with E-state index in [0.29, 0.717) is 16.1 Å². The molecule has 0 bridgehead atoms. The fourth-order valence-corrected chi connectivity index (χ4v) is 2.43. The normalized spacial score (nSPS) is 10.6. The summed E-state index contributed by atoms with van der Waals surface area (Å²) < 4.78 is 0.797. The van der Waals surface area contributed by atoms with E-state index in [0.717, 1.165) is 10.9 Å². The fraction of sp³-hybridized carbons (Fsp3) is 0.235. The summed E-state index contributed by atoms with van der Waals surface area (Å²) in [5.41, 5.74) is 2.58. The summed E-state index contributed by atoms with van der Waals surface area (Å²) in [6.45, 7) is 2.18. The molecule has 0 heterocycles. The monoisotopic (exact) mass is 350 g/mol. The summed E-state index contributed by atoms with van der Waals surface area (Å²) in [6, 6.07) is 13.1. The predicted molar refractivity (Wildman–Crippen MR) is 87.6 cm³/mol. The Morgan fingerprint density at radius 3 is 2.35 bits per heavy atom. The van der Waals surface area contributed by atoms with Crippen LogP contribution in [0.15, 0.2) is 46.9 Å². The van der Waals surface area contributed by atoms with Crippen molar-refractivity contribution in [2.45, 2.75) is 26.2 Å². The lowest BCUT2D eigenvalue weighted by Gasteiger charge is -2.05. The van der Waals surface area contributed by atoms with Crippen molar-refractivity contribution in [3.05, 3.63) is 68.7 Å². The highest BCUT2D eigenvalue weighted by molar-refractivity contribution is 9.10. The molecule has 0 amide bonds. The molecule has 2 aromatic carbocycles. The lowest BCUT2D eigenvalue weighted by atomic mass is 10.0. The number of hydrogen-bond donors (Lipinski definition) is 0. The van der Waals surface area contributed by atoms with Gasteiger partial charge in [-0.25, -0.2) is 0 Å². The number of hydrogen-bond acceptors (Lipinski definition) is 1. The second-order valence-electron chi connectivity index (χ2n) is 4.76. The summed E-state index contributed by atoms with van der Waals surface area (Å²) in [7, 11) is 0. The number of aryl methyl sites for hydroxylation is 1. The molecule has 0 aliphatic carbocycles. The molecule has 1 nitrogen and oxygen atoms in total. The van der Waals surface area contributed by atoms with E-state index in [1.54, 1.807) is 18.2 Å². The number of ketones is 1. The van der Waals surface area contributed by atoms with Crippen LogP contribution in [0.3, 0.4) is 0 Å². The molecular weight excluding hydrogens is 336 g/mol. The molecule has 0 radical (unpaired) electrons. The Morgan fingerprint density at radius 2 is 1.75 bits per heavy atom. The van der Waals surface area contributed by atoms with E-state index in [9.17, 15) is 4.79 Å². The molecule has 2 rings (SSSR count). The molecule has 0 saturated carbocycles. The van der Waals surface area contributed by atoms with E-state index in [1.165, 1.54) is 18.4 Å². The van der Waals surface area contributed by atoms with Crippen molar-refractivity contribution < 1.29 is 4.79 Å². The first-order valence-corrected chi connectivity index (χ1v) is 7.87. The molecule has 0 spiro atoms. The van der Waals surface area contributed by atoms with Crippen molar-refractivity contribution in [2.24, 2.45) is 0 Å². The van der Waals surface area contributed by atoms with Gasteiger partial charge in [0.25, 0.3) is 0 Å². The topological polar surface area (TPSA) is 17.1 Å². The Hall–Kier alpha value is -1.12. The van der Waals surface area contributed by atoms with E-state index in [4.69, 9.17) is 11.6 Å². The van der Waals surface area contributed by atoms with Gasteiger partial charge in [-0.1, -0.05) is 49.2 Å². The van der Waals surface area contributed by atoms with Crippen LogP contribution in [0.4, 0.5) is 0 Å². The van der Waals surface area contributed by atoms with Gasteiger partial charge in [-0.3, -0.25) is 4.79 Å². The lowest BCUT2D eigenvalue weighted by molar-refractivity contribution is 0.103. The highest BCUT2D eigenvalue weighted by atomic mass is 79.9.